The Bertz CT molecular complexity index is 773. The van der Waals surface area contributed by atoms with Gasteiger partial charge in [-0.25, -0.2) is 4.39 Å². The molecule has 1 saturated carbocycles. The highest BCUT2D eigenvalue weighted by Gasteiger charge is 2.33. The predicted octanol–water partition coefficient (Wildman–Crippen LogP) is 3.26. The zero-order valence-corrected chi connectivity index (χ0v) is 15.0. The molecule has 0 saturated heterocycles. The van der Waals surface area contributed by atoms with Gasteiger partial charge >= 0.3 is 0 Å². The van der Waals surface area contributed by atoms with Crippen molar-refractivity contribution in [2.75, 3.05) is 13.2 Å². The van der Waals surface area contributed by atoms with E-state index in [1.165, 1.54) is 6.07 Å². The average Bonchev–Trinajstić information content (AvgIpc) is 2.69. The third-order valence-corrected chi connectivity index (χ3v) is 5.05. The average molecular weight is 373 g/mol. The van der Waals surface area contributed by atoms with E-state index in [4.69, 9.17) is 4.74 Å². The van der Waals surface area contributed by atoms with Crippen LogP contribution in [0.15, 0.2) is 48.5 Å². The number of halogens is 1. The van der Waals surface area contributed by atoms with E-state index in [9.17, 15) is 19.4 Å². The van der Waals surface area contributed by atoms with Crippen LogP contribution in [0.2, 0.25) is 0 Å². The van der Waals surface area contributed by atoms with E-state index >= 15 is 0 Å². The van der Waals surface area contributed by atoms with Gasteiger partial charge < -0.3 is 20.3 Å². The first-order valence-corrected chi connectivity index (χ1v) is 9.12. The Hall–Kier alpha value is -2.60. The number of phenols is 1. The molecule has 27 heavy (non-hydrogen) atoms. The number of carbonyl (C=O) groups is 1. The maximum atomic E-state index is 13.4. The summed E-state index contributed by atoms with van der Waals surface area (Å²) >= 11 is 0. The molecule has 6 heteroatoms. The maximum absolute atomic E-state index is 13.4. The highest BCUT2D eigenvalue weighted by Crippen LogP contribution is 2.32. The molecule has 0 aromatic heterocycles. The lowest BCUT2D eigenvalue weighted by Gasteiger charge is -2.36. The second-order valence-corrected chi connectivity index (χ2v) is 7.14. The zero-order chi connectivity index (χ0) is 19.3. The molecule has 2 aromatic rings. The van der Waals surface area contributed by atoms with Gasteiger partial charge in [0.25, 0.3) is 5.91 Å². The Morgan fingerprint density at radius 3 is 2.56 bits per heavy atom. The lowest BCUT2D eigenvalue weighted by molar-refractivity contribution is -0.0129. The van der Waals surface area contributed by atoms with Crippen molar-refractivity contribution in [2.24, 2.45) is 5.92 Å². The molecule has 0 spiro atoms. The summed E-state index contributed by atoms with van der Waals surface area (Å²) in [7, 11) is 0. The van der Waals surface area contributed by atoms with Gasteiger partial charge in [-0.2, -0.15) is 0 Å². The molecule has 144 valence electrons. The summed E-state index contributed by atoms with van der Waals surface area (Å²) in [5.74, 6) is -0.613. The van der Waals surface area contributed by atoms with Gasteiger partial charge in [0.15, 0.2) is 11.6 Å². The van der Waals surface area contributed by atoms with Gasteiger partial charge in [-0.05, 0) is 61.9 Å². The molecule has 3 N–H and O–H groups in total. The molecule has 2 aromatic carbocycles. The molecule has 5 nitrogen and oxygen atoms in total. The first-order valence-electron chi connectivity index (χ1n) is 9.12. The van der Waals surface area contributed by atoms with Crippen molar-refractivity contribution in [3.05, 3.63) is 59.9 Å². The molecule has 3 rings (SSSR count). The minimum atomic E-state index is -0.964. The topological polar surface area (TPSA) is 78.8 Å². The Kier molecular flexibility index (Phi) is 5.96. The number of phenolic OH excluding ortho intramolecular Hbond substituents is 1. The van der Waals surface area contributed by atoms with E-state index in [1.54, 1.807) is 0 Å². The number of para-hydroxylation sites is 1. The van der Waals surface area contributed by atoms with Crippen LogP contribution in [0, 0.1) is 11.7 Å². The van der Waals surface area contributed by atoms with Crippen LogP contribution in [-0.2, 0) is 0 Å². The van der Waals surface area contributed by atoms with Gasteiger partial charge in [0.2, 0.25) is 0 Å². The van der Waals surface area contributed by atoms with Crippen molar-refractivity contribution in [3.8, 4) is 11.5 Å². The smallest absolute Gasteiger partial charge is 0.251 e. The number of carbonyl (C=O) groups excluding carboxylic acids is 1. The maximum Gasteiger partial charge on any atom is 0.251 e. The van der Waals surface area contributed by atoms with Crippen molar-refractivity contribution >= 4 is 5.91 Å². The minimum Gasteiger partial charge on any atom is -0.505 e. The van der Waals surface area contributed by atoms with Crippen molar-refractivity contribution in [2.45, 2.75) is 31.3 Å². The van der Waals surface area contributed by atoms with E-state index in [2.05, 4.69) is 5.32 Å². The molecule has 0 atom stereocenters. The number of aliphatic hydroxyl groups is 1. The van der Waals surface area contributed by atoms with E-state index in [0.717, 1.165) is 30.7 Å². The normalized spacial score (nSPS) is 22.2. The van der Waals surface area contributed by atoms with Crippen molar-refractivity contribution in [3.63, 3.8) is 0 Å². The Morgan fingerprint density at radius 1 is 1.19 bits per heavy atom. The highest BCUT2D eigenvalue weighted by atomic mass is 19.1. The summed E-state index contributed by atoms with van der Waals surface area (Å²) in [5, 5.41) is 22.5. The number of ether oxygens (including phenoxy) is 1. The van der Waals surface area contributed by atoms with Gasteiger partial charge in [-0.15, -0.1) is 0 Å². The number of rotatable bonds is 6. The second kappa shape index (κ2) is 8.39. The molecule has 1 aliphatic rings. The van der Waals surface area contributed by atoms with Crippen LogP contribution >= 0.6 is 0 Å². The summed E-state index contributed by atoms with van der Waals surface area (Å²) in [4.78, 5) is 12.1. The molecule has 0 bridgehead atoms. The molecule has 1 amide bonds. The first-order chi connectivity index (χ1) is 13.0. The summed E-state index contributed by atoms with van der Waals surface area (Å²) < 4.78 is 19.1. The quantitative estimate of drug-likeness (QED) is 0.726. The van der Waals surface area contributed by atoms with Crippen molar-refractivity contribution in [1.29, 1.82) is 0 Å². The summed E-state index contributed by atoms with van der Waals surface area (Å²) in [6.45, 7) is 0.722. The number of amides is 1. The molecule has 0 heterocycles. The number of aromatic hydroxyl groups is 1. The largest absolute Gasteiger partial charge is 0.505 e. The molecule has 0 aliphatic heterocycles. The van der Waals surface area contributed by atoms with E-state index in [1.807, 2.05) is 30.3 Å². The minimum absolute atomic E-state index is 0.110. The number of nitrogens with one attached hydrogen (secondary N) is 1. The Morgan fingerprint density at radius 2 is 1.89 bits per heavy atom. The Labute approximate surface area is 157 Å². The lowest BCUT2D eigenvalue weighted by Crippen LogP contribution is -2.45. The summed E-state index contributed by atoms with van der Waals surface area (Å²) in [5.41, 5.74) is -0.854. The third kappa shape index (κ3) is 5.20. The zero-order valence-electron chi connectivity index (χ0n) is 15.0. The first kappa shape index (κ1) is 19.2. The van der Waals surface area contributed by atoms with Gasteiger partial charge in [0, 0.05) is 12.1 Å². The van der Waals surface area contributed by atoms with Gasteiger partial charge in [-0.1, -0.05) is 18.2 Å². The lowest BCUT2D eigenvalue weighted by atomic mass is 9.79. The molecule has 0 unspecified atom stereocenters. The van der Waals surface area contributed by atoms with E-state index in [0.29, 0.717) is 25.4 Å². The van der Waals surface area contributed by atoms with Crippen LogP contribution in [0.3, 0.4) is 0 Å². The predicted molar refractivity (Wildman–Crippen MR) is 99.2 cm³/mol. The molecular formula is C21H24FNO4. The fraction of sp³-hybridized carbons (Fsp3) is 0.381. The highest BCUT2D eigenvalue weighted by molar-refractivity contribution is 5.94. The van der Waals surface area contributed by atoms with Gasteiger partial charge in [0.1, 0.15) is 5.75 Å². The van der Waals surface area contributed by atoms with E-state index in [-0.39, 0.29) is 12.1 Å². The van der Waals surface area contributed by atoms with Crippen molar-refractivity contribution < 1.29 is 24.1 Å². The Balaban J connectivity index is 1.44. The fourth-order valence-corrected chi connectivity index (χ4v) is 3.28. The van der Waals surface area contributed by atoms with Crippen LogP contribution in [0.4, 0.5) is 4.39 Å². The number of hydrogen-bond acceptors (Lipinski definition) is 4. The second-order valence-electron chi connectivity index (χ2n) is 7.14. The fourth-order valence-electron chi connectivity index (χ4n) is 3.28. The molecule has 1 fully saturated rings. The van der Waals surface area contributed by atoms with Gasteiger partial charge in [-0.3, -0.25) is 4.79 Å². The van der Waals surface area contributed by atoms with Gasteiger partial charge in [0.05, 0.1) is 12.2 Å². The monoisotopic (exact) mass is 373 g/mol. The third-order valence-electron chi connectivity index (χ3n) is 5.05. The summed E-state index contributed by atoms with van der Waals surface area (Å²) in [6.07, 6.45) is 2.76. The van der Waals surface area contributed by atoms with Crippen LogP contribution in [0.25, 0.3) is 0 Å². The van der Waals surface area contributed by atoms with Crippen LogP contribution in [0.1, 0.15) is 36.0 Å². The van der Waals surface area contributed by atoms with E-state index < -0.39 is 23.1 Å². The summed E-state index contributed by atoms with van der Waals surface area (Å²) in [6, 6.07) is 13.1. The molecular weight excluding hydrogens is 349 g/mol. The van der Waals surface area contributed by atoms with Crippen molar-refractivity contribution in [1.82, 2.24) is 5.32 Å². The molecule has 1 aliphatic carbocycles. The van der Waals surface area contributed by atoms with Crippen LogP contribution in [0.5, 0.6) is 11.5 Å². The van der Waals surface area contributed by atoms with Crippen LogP contribution < -0.4 is 10.1 Å². The van der Waals surface area contributed by atoms with Crippen LogP contribution in [-0.4, -0.2) is 34.9 Å². The SMILES string of the molecule is O=C(NC[C@]1(O)CC[C@H](COc2ccccc2)CC1)c1ccc(O)c(F)c1. The number of hydrogen-bond donors (Lipinski definition) is 3. The standard InChI is InChI=1S/C21H24FNO4/c22-18-12-16(6-7-19(18)24)20(25)23-14-21(26)10-8-15(9-11-21)13-27-17-4-2-1-3-5-17/h1-7,12,15,24,26H,8-11,13-14H2,(H,23,25)/t15-,21-. The number of benzene rings is 2. The molecule has 0 radical (unpaired) electrons.